The molecule has 2 aromatic heterocycles. The summed E-state index contributed by atoms with van der Waals surface area (Å²) in [7, 11) is 7.48. The molecule has 226 valence electrons. The van der Waals surface area contributed by atoms with E-state index >= 15 is 0 Å². The second-order valence-corrected chi connectivity index (χ2v) is 10.4. The molecule has 0 fully saturated rings. The highest BCUT2D eigenvalue weighted by molar-refractivity contribution is 6.06. The average Bonchev–Trinajstić information content (AvgIpc) is 2.97. The Morgan fingerprint density at radius 3 is 2.47 bits per heavy atom. The van der Waals surface area contributed by atoms with Crippen LogP contribution in [-0.2, 0) is 6.18 Å². The van der Waals surface area contributed by atoms with Gasteiger partial charge >= 0.3 is 6.18 Å². The molecule has 11 heteroatoms. The van der Waals surface area contributed by atoms with E-state index in [0.29, 0.717) is 29.7 Å². The Morgan fingerprint density at radius 1 is 0.953 bits per heavy atom. The van der Waals surface area contributed by atoms with Crippen LogP contribution in [0.5, 0.6) is 11.6 Å². The molecule has 1 amide bonds. The Labute approximate surface area is 249 Å². The fourth-order valence-electron chi connectivity index (χ4n) is 4.47. The highest BCUT2D eigenvalue weighted by Crippen LogP contribution is 2.37. The topological polar surface area (TPSA) is 82.6 Å². The second-order valence-electron chi connectivity index (χ2n) is 10.4. The number of hydrogen-bond acceptors (Lipinski definition) is 7. The molecule has 0 bridgehead atoms. The van der Waals surface area contributed by atoms with Crippen molar-refractivity contribution in [1.82, 2.24) is 14.9 Å². The van der Waals surface area contributed by atoms with E-state index in [1.807, 2.05) is 49.0 Å². The standard InChI is InChI=1S/C32H35F3N6O2/c1-21-9-10-23(18-28(21)43-31-25(8-6-14-38-31)22-13-15-37-29(19-22)36-2)30(42)39-26-20-24(32(33,34)35)11-12-27(26)41(5)17-7-16-40(3)4/h6,8-15,18-20H,7,16-17H2,1-5H3,(H,36,37)(H,39,42). The quantitative estimate of drug-likeness (QED) is 0.195. The number of ether oxygens (including phenoxy) is 1. The van der Waals surface area contributed by atoms with Crippen molar-refractivity contribution in [1.29, 1.82) is 0 Å². The van der Waals surface area contributed by atoms with Crippen LogP contribution in [0.2, 0.25) is 0 Å². The number of halogens is 3. The molecule has 0 aliphatic rings. The molecule has 2 aromatic carbocycles. The third kappa shape index (κ3) is 8.01. The molecule has 0 aliphatic heterocycles. The maximum atomic E-state index is 13.6. The molecule has 4 aromatic rings. The number of carbonyl (C=O) groups excluding carboxylic acids is 1. The van der Waals surface area contributed by atoms with E-state index in [1.165, 1.54) is 6.07 Å². The van der Waals surface area contributed by atoms with Crippen LogP contribution in [0.4, 0.5) is 30.4 Å². The summed E-state index contributed by atoms with van der Waals surface area (Å²) in [6.07, 6.45) is -0.484. The summed E-state index contributed by atoms with van der Waals surface area (Å²) in [6.45, 7) is 3.24. The van der Waals surface area contributed by atoms with Crippen molar-refractivity contribution < 1.29 is 22.7 Å². The number of benzene rings is 2. The van der Waals surface area contributed by atoms with Crippen molar-refractivity contribution in [2.45, 2.75) is 19.5 Å². The number of aromatic nitrogens is 2. The highest BCUT2D eigenvalue weighted by atomic mass is 19.4. The Hall–Kier alpha value is -4.64. The number of nitrogens with one attached hydrogen (secondary N) is 2. The zero-order valence-corrected chi connectivity index (χ0v) is 24.8. The van der Waals surface area contributed by atoms with Gasteiger partial charge in [0.05, 0.1) is 16.9 Å². The first-order valence-corrected chi connectivity index (χ1v) is 13.7. The fraction of sp³-hybridized carbons (Fsp3) is 0.281. The number of nitrogens with zero attached hydrogens (tertiary/aromatic N) is 4. The first kappa shape index (κ1) is 31.3. The van der Waals surface area contributed by atoms with Gasteiger partial charge in [-0.1, -0.05) is 6.07 Å². The minimum absolute atomic E-state index is 0.0697. The van der Waals surface area contributed by atoms with Crippen LogP contribution in [0.3, 0.4) is 0 Å². The lowest BCUT2D eigenvalue weighted by Crippen LogP contribution is -2.25. The van der Waals surface area contributed by atoms with Gasteiger partial charge in [-0.3, -0.25) is 4.79 Å². The number of anilines is 3. The van der Waals surface area contributed by atoms with Gasteiger partial charge in [0.1, 0.15) is 11.6 Å². The van der Waals surface area contributed by atoms with Crippen LogP contribution in [-0.4, -0.2) is 62.1 Å². The SMILES string of the molecule is CNc1cc(-c2cccnc2Oc2cc(C(=O)Nc3cc(C(F)(F)F)ccc3N(C)CCCN(C)C)ccc2C)ccn1. The van der Waals surface area contributed by atoms with Crippen LogP contribution < -0.4 is 20.3 Å². The molecule has 0 radical (unpaired) electrons. The van der Waals surface area contributed by atoms with Crippen LogP contribution in [0.25, 0.3) is 11.1 Å². The van der Waals surface area contributed by atoms with Crippen LogP contribution in [0.1, 0.15) is 27.9 Å². The van der Waals surface area contributed by atoms with Gasteiger partial charge in [0.25, 0.3) is 5.91 Å². The Bertz CT molecular complexity index is 1580. The Morgan fingerprint density at radius 2 is 1.74 bits per heavy atom. The summed E-state index contributed by atoms with van der Waals surface area (Å²) in [6, 6.07) is 15.6. The van der Waals surface area contributed by atoms with Gasteiger partial charge in [0.15, 0.2) is 0 Å². The first-order chi connectivity index (χ1) is 20.5. The van der Waals surface area contributed by atoms with Gasteiger partial charge in [-0.25, -0.2) is 9.97 Å². The van der Waals surface area contributed by atoms with E-state index in [2.05, 4.69) is 20.6 Å². The third-order valence-electron chi connectivity index (χ3n) is 6.84. The molecule has 0 saturated heterocycles. The Kier molecular flexibility index (Phi) is 9.87. The van der Waals surface area contributed by atoms with E-state index in [9.17, 15) is 18.0 Å². The second kappa shape index (κ2) is 13.6. The predicted molar refractivity (Wildman–Crippen MR) is 164 cm³/mol. The molecule has 4 rings (SSSR count). The van der Waals surface area contributed by atoms with Crippen LogP contribution >= 0.6 is 0 Å². The number of alkyl halides is 3. The lowest BCUT2D eigenvalue weighted by atomic mass is 10.1. The molecular formula is C32H35F3N6O2. The number of carbonyl (C=O) groups is 1. The van der Waals surface area contributed by atoms with Crippen molar-refractivity contribution in [3.63, 3.8) is 0 Å². The van der Waals surface area contributed by atoms with Gasteiger partial charge in [-0.05, 0) is 99.7 Å². The van der Waals surface area contributed by atoms with Crippen molar-refractivity contribution in [2.24, 2.45) is 0 Å². The number of amides is 1. The van der Waals surface area contributed by atoms with E-state index in [-0.39, 0.29) is 11.3 Å². The lowest BCUT2D eigenvalue weighted by Gasteiger charge is -2.24. The fourth-order valence-corrected chi connectivity index (χ4v) is 4.47. The molecule has 2 heterocycles. The number of hydrogen-bond donors (Lipinski definition) is 2. The zero-order chi connectivity index (χ0) is 31.1. The molecule has 0 spiro atoms. The monoisotopic (exact) mass is 592 g/mol. The molecule has 0 atom stereocenters. The molecule has 0 saturated carbocycles. The molecule has 8 nitrogen and oxygen atoms in total. The number of rotatable bonds is 11. The normalized spacial score (nSPS) is 11.4. The van der Waals surface area contributed by atoms with Crippen molar-refractivity contribution in [2.75, 3.05) is 56.8 Å². The van der Waals surface area contributed by atoms with E-state index < -0.39 is 17.6 Å². The van der Waals surface area contributed by atoms with Gasteiger partial charge in [-0.2, -0.15) is 13.2 Å². The minimum atomic E-state index is -4.56. The van der Waals surface area contributed by atoms with Crippen LogP contribution in [0, 0.1) is 6.92 Å². The molecule has 0 aliphatic carbocycles. The predicted octanol–water partition coefficient (Wildman–Crippen LogP) is 6.95. The first-order valence-electron chi connectivity index (χ1n) is 13.7. The molecular weight excluding hydrogens is 557 g/mol. The maximum Gasteiger partial charge on any atom is 0.416 e. The average molecular weight is 593 g/mol. The largest absolute Gasteiger partial charge is 0.438 e. The van der Waals surface area contributed by atoms with E-state index in [4.69, 9.17) is 4.74 Å². The lowest BCUT2D eigenvalue weighted by molar-refractivity contribution is -0.137. The van der Waals surface area contributed by atoms with Crippen molar-refractivity contribution >= 4 is 23.1 Å². The highest BCUT2D eigenvalue weighted by Gasteiger charge is 2.31. The maximum absolute atomic E-state index is 13.6. The summed E-state index contributed by atoms with van der Waals surface area (Å²) < 4.78 is 47.0. The minimum Gasteiger partial charge on any atom is -0.438 e. The summed E-state index contributed by atoms with van der Waals surface area (Å²) in [5.74, 6) is 0.831. The molecule has 43 heavy (non-hydrogen) atoms. The number of pyridine rings is 2. The summed E-state index contributed by atoms with van der Waals surface area (Å²) in [5, 5.41) is 5.71. The summed E-state index contributed by atoms with van der Waals surface area (Å²) in [4.78, 5) is 26.0. The van der Waals surface area contributed by atoms with Gasteiger partial charge < -0.3 is 25.2 Å². The summed E-state index contributed by atoms with van der Waals surface area (Å²) in [5.41, 5.74) is 2.24. The molecule has 2 N–H and O–H groups in total. The van der Waals surface area contributed by atoms with Gasteiger partial charge in [-0.15, -0.1) is 0 Å². The number of aryl methyl sites for hydroxylation is 1. The third-order valence-corrected chi connectivity index (χ3v) is 6.84. The zero-order valence-electron chi connectivity index (χ0n) is 24.8. The smallest absolute Gasteiger partial charge is 0.416 e. The molecule has 0 unspecified atom stereocenters. The van der Waals surface area contributed by atoms with Crippen LogP contribution in [0.15, 0.2) is 73.1 Å². The summed E-state index contributed by atoms with van der Waals surface area (Å²) >= 11 is 0. The van der Waals surface area contributed by atoms with E-state index in [0.717, 1.165) is 41.8 Å². The Balaban J connectivity index is 1.62. The van der Waals surface area contributed by atoms with Crippen molar-refractivity contribution in [3.8, 4) is 22.8 Å². The van der Waals surface area contributed by atoms with E-state index in [1.54, 1.807) is 50.8 Å². The van der Waals surface area contributed by atoms with Gasteiger partial charge in [0.2, 0.25) is 5.88 Å². The van der Waals surface area contributed by atoms with Crippen molar-refractivity contribution in [3.05, 3.63) is 89.7 Å². The van der Waals surface area contributed by atoms with Gasteiger partial charge in [0, 0.05) is 44.2 Å².